The second-order valence-corrected chi connectivity index (χ2v) is 2.88. The number of thiocarbonyl (C=S) groups is 1. The Morgan fingerprint density at radius 1 is 1.73 bits per heavy atom. The van der Waals surface area contributed by atoms with E-state index in [2.05, 4.69) is 23.1 Å². The summed E-state index contributed by atoms with van der Waals surface area (Å²) in [6.45, 7) is 0. The summed E-state index contributed by atoms with van der Waals surface area (Å²) in [5.74, 6) is -0.166. The van der Waals surface area contributed by atoms with E-state index < -0.39 is 0 Å². The van der Waals surface area contributed by atoms with Gasteiger partial charge in [0.1, 0.15) is 0 Å². The Bertz CT molecular complexity index is 245. The van der Waals surface area contributed by atoms with E-state index in [9.17, 15) is 4.79 Å². The molecule has 0 aromatic carbocycles. The topological polar surface area (TPSA) is 41.1 Å². The van der Waals surface area contributed by atoms with E-state index in [1.54, 1.807) is 6.07 Å². The van der Waals surface area contributed by atoms with Crippen LogP contribution in [0.4, 0.5) is 0 Å². The van der Waals surface area contributed by atoms with Crippen LogP contribution in [0.2, 0.25) is 0 Å². The first kappa shape index (κ1) is 8.16. The SMILES string of the molecule is O=C(NNC=S)c1cccs1. The minimum absolute atomic E-state index is 0.166. The molecular weight excluding hydrogens is 180 g/mol. The molecule has 1 aromatic rings. The molecule has 0 aliphatic carbocycles. The van der Waals surface area contributed by atoms with Gasteiger partial charge in [0.2, 0.25) is 0 Å². The highest BCUT2D eigenvalue weighted by Gasteiger charge is 2.02. The van der Waals surface area contributed by atoms with Gasteiger partial charge in [-0.15, -0.1) is 11.3 Å². The summed E-state index contributed by atoms with van der Waals surface area (Å²) in [5, 5.41) is 1.84. The molecule has 0 radical (unpaired) electrons. The van der Waals surface area contributed by atoms with Gasteiger partial charge >= 0.3 is 0 Å². The van der Waals surface area contributed by atoms with Crippen molar-refractivity contribution in [2.75, 3.05) is 0 Å². The van der Waals surface area contributed by atoms with Crippen molar-refractivity contribution in [2.24, 2.45) is 0 Å². The number of hydrogen-bond acceptors (Lipinski definition) is 3. The summed E-state index contributed by atoms with van der Waals surface area (Å²) in [6.07, 6.45) is 0. The Balaban J connectivity index is 2.49. The molecule has 11 heavy (non-hydrogen) atoms. The third-order valence-corrected chi connectivity index (χ3v) is 1.98. The molecule has 0 atom stereocenters. The second kappa shape index (κ2) is 4.05. The van der Waals surface area contributed by atoms with Crippen molar-refractivity contribution in [3.05, 3.63) is 22.4 Å². The van der Waals surface area contributed by atoms with Crippen LogP contribution < -0.4 is 10.9 Å². The first-order valence-electron chi connectivity index (χ1n) is 2.87. The molecule has 0 fully saturated rings. The lowest BCUT2D eigenvalue weighted by molar-refractivity contribution is 0.0949. The van der Waals surface area contributed by atoms with E-state index in [4.69, 9.17) is 0 Å². The Morgan fingerprint density at radius 2 is 2.55 bits per heavy atom. The highest BCUT2D eigenvalue weighted by Crippen LogP contribution is 2.06. The largest absolute Gasteiger partial charge is 0.295 e. The minimum atomic E-state index is -0.166. The van der Waals surface area contributed by atoms with Gasteiger partial charge in [-0.25, -0.2) is 0 Å². The number of carbonyl (C=O) groups is 1. The summed E-state index contributed by atoms with van der Waals surface area (Å²) in [5.41, 5.74) is 6.07. The van der Waals surface area contributed by atoms with Crippen LogP contribution >= 0.6 is 23.6 Å². The van der Waals surface area contributed by atoms with Crippen LogP contribution in [0.5, 0.6) is 0 Å². The average molecular weight is 186 g/mol. The number of carbonyl (C=O) groups excluding carboxylic acids is 1. The van der Waals surface area contributed by atoms with Crippen LogP contribution in [0.25, 0.3) is 0 Å². The molecule has 0 aliphatic heterocycles. The standard InChI is InChI=1S/C6H6N2OS2/c9-6(8-7-4-10)5-2-1-3-11-5/h1-4H,(H,7,10)(H,8,9). The van der Waals surface area contributed by atoms with E-state index in [1.165, 1.54) is 16.8 Å². The Hall–Kier alpha value is -0.940. The minimum Gasteiger partial charge on any atom is -0.295 e. The normalized spacial score (nSPS) is 8.73. The van der Waals surface area contributed by atoms with Gasteiger partial charge in [0, 0.05) is 0 Å². The zero-order valence-electron chi connectivity index (χ0n) is 5.53. The predicted molar refractivity (Wildman–Crippen MR) is 48.6 cm³/mol. The van der Waals surface area contributed by atoms with Crippen molar-refractivity contribution in [2.45, 2.75) is 0 Å². The van der Waals surface area contributed by atoms with Crippen molar-refractivity contribution < 1.29 is 4.79 Å². The molecule has 1 heterocycles. The highest BCUT2D eigenvalue weighted by atomic mass is 32.1. The number of amides is 1. The van der Waals surface area contributed by atoms with Crippen LogP contribution in [0, 0.1) is 0 Å². The zero-order chi connectivity index (χ0) is 8.10. The first-order chi connectivity index (χ1) is 5.34. The van der Waals surface area contributed by atoms with Crippen LogP contribution in [-0.2, 0) is 0 Å². The van der Waals surface area contributed by atoms with Gasteiger partial charge in [-0.3, -0.25) is 15.6 Å². The Labute approximate surface area is 73.4 Å². The van der Waals surface area contributed by atoms with Crippen molar-refractivity contribution in [1.82, 2.24) is 10.9 Å². The average Bonchev–Trinajstić information content (AvgIpc) is 2.52. The van der Waals surface area contributed by atoms with Gasteiger partial charge in [-0.1, -0.05) is 18.3 Å². The van der Waals surface area contributed by atoms with E-state index in [0.717, 1.165) is 0 Å². The lowest BCUT2D eigenvalue weighted by Gasteiger charge is -1.98. The molecule has 0 bridgehead atoms. The summed E-state index contributed by atoms with van der Waals surface area (Å²) in [7, 11) is 0. The fourth-order valence-corrected chi connectivity index (χ4v) is 1.24. The lowest BCUT2D eigenvalue weighted by Crippen LogP contribution is -2.35. The van der Waals surface area contributed by atoms with Gasteiger partial charge in [0.15, 0.2) is 0 Å². The number of rotatable bonds is 3. The maximum Gasteiger partial charge on any atom is 0.279 e. The van der Waals surface area contributed by atoms with Crippen LogP contribution in [0.15, 0.2) is 17.5 Å². The van der Waals surface area contributed by atoms with Crippen molar-refractivity contribution in [3.8, 4) is 0 Å². The summed E-state index contributed by atoms with van der Waals surface area (Å²) >= 11 is 5.83. The van der Waals surface area contributed by atoms with Gasteiger partial charge in [-0.2, -0.15) is 0 Å². The third kappa shape index (κ3) is 2.28. The van der Waals surface area contributed by atoms with Gasteiger partial charge in [0.25, 0.3) is 5.91 Å². The molecule has 2 N–H and O–H groups in total. The van der Waals surface area contributed by atoms with Crippen molar-refractivity contribution in [1.29, 1.82) is 0 Å². The molecule has 0 saturated carbocycles. The molecule has 1 aromatic heterocycles. The maximum absolute atomic E-state index is 11.0. The fourth-order valence-electron chi connectivity index (χ4n) is 0.564. The molecule has 5 heteroatoms. The fraction of sp³-hybridized carbons (Fsp3) is 0. The Morgan fingerprint density at radius 3 is 3.09 bits per heavy atom. The number of hydrogen-bond donors (Lipinski definition) is 2. The summed E-state index contributed by atoms with van der Waals surface area (Å²) in [4.78, 5) is 11.7. The molecule has 3 nitrogen and oxygen atoms in total. The molecule has 1 amide bonds. The van der Waals surface area contributed by atoms with Gasteiger partial charge in [0.05, 0.1) is 10.4 Å². The molecule has 58 valence electrons. The Kier molecular flexibility index (Phi) is 3.00. The third-order valence-electron chi connectivity index (χ3n) is 0.990. The van der Waals surface area contributed by atoms with E-state index in [0.29, 0.717) is 4.88 Å². The van der Waals surface area contributed by atoms with Crippen LogP contribution in [0.3, 0.4) is 0 Å². The molecule has 0 aliphatic rings. The molecule has 0 spiro atoms. The van der Waals surface area contributed by atoms with Crippen molar-refractivity contribution in [3.63, 3.8) is 0 Å². The predicted octanol–water partition coefficient (Wildman–Crippen LogP) is 0.940. The van der Waals surface area contributed by atoms with E-state index in [1.807, 2.05) is 11.4 Å². The number of thiophene rings is 1. The molecule has 1 rings (SSSR count). The number of hydrazine groups is 1. The van der Waals surface area contributed by atoms with E-state index >= 15 is 0 Å². The summed E-state index contributed by atoms with van der Waals surface area (Å²) < 4.78 is 0. The van der Waals surface area contributed by atoms with Gasteiger partial charge < -0.3 is 0 Å². The first-order valence-corrected chi connectivity index (χ1v) is 4.22. The lowest BCUT2D eigenvalue weighted by atomic mass is 10.5. The maximum atomic E-state index is 11.0. The molecular formula is C6H6N2OS2. The number of nitrogens with one attached hydrogen (secondary N) is 2. The van der Waals surface area contributed by atoms with Crippen molar-refractivity contribution >= 4 is 35.0 Å². The molecule has 0 unspecified atom stereocenters. The zero-order valence-corrected chi connectivity index (χ0v) is 7.17. The second-order valence-electron chi connectivity index (χ2n) is 1.69. The monoisotopic (exact) mass is 186 g/mol. The highest BCUT2D eigenvalue weighted by molar-refractivity contribution is 7.78. The van der Waals surface area contributed by atoms with E-state index in [-0.39, 0.29) is 5.91 Å². The smallest absolute Gasteiger partial charge is 0.279 e. The molecule has 0 saturated heterocycles. The van der Waals surface area contributed by atoms with Gasteiger partial charge in [-0.05, 0) is 11.4 Å². The quantitative estimate of drug-likeness (QED) is 0.545. The summed E-state index contributed by atoms with van der Waals surface area (Å²) in [6, 6.07) is 3.56. The van der Waals surface area contributed by atoms with Crippen LogP contribution in [0.1, 0.15) is 9.67 Å². The van der Waals surface area contributed by atoms with Crippen LogP contribution in [-0.4, -0.2) is 11.4 Å².